The van der Waals surface area contributed by atoms with Crippen LogP contribution in [0.1, 0.15) is 17.9 Å². The normalized spacial score (nSPS) is 12.2. The van der Waals surface area contributed by atoms with Crippen LogP contribution in [-0.4, -0.2) is 10.0 Å². The van der Waals surface area contributed by atoms with Gasteiger partial charge in [-0.15, -0.1) is 0 Å². The minimum atomic E-state index is -0.823. The van der Waals surface area contributed by atoms with Gasteiger partial charge in [-0.25, -0.2) is 4.39 Å². The number of aliphatic hydroxyl groups excluding tert-OH is 1. The molecule has 1 aromatic carbocycles. The fraction of sp³-hybridized carbons (Fsp3) is 0.167. The number of hydrogen-bond acceptors (Lipinski definition) is 5. The van der Waals surface area contributed by atoms with Crippen LogP contribution < -0.4 is 4.74 Å². The highest BCUT2D eigenvalue weighted by Crippen LogP contribution is 2.42. The van der Waals surface area contributed by atoms with Crippen LogP contribution in [0.4, 0.5) is 10.1 Å². The van der Waals surface area contributed by atoms with Crippen LogP contribution in [0.15, 0.2) is 28.7 Å². The Labute approximate surface area is 125 Å². The summed E-state index contributed by atoms with van der Waals surface area (Å²) in [7, 11) is 0. The Morgan fingerprint density at radius 2 is 2.20 bits per heavy atom. The summed E-state index contributed by atoms with van der Waals surface area (Å²) >= 11 is 3.99. The molecule has 0 aliphatic heterocycles. The van der Waals surface area contributed by atoms with Crippen molar-refractivity contribution in [2.45, 2.75) is 13.0 Å². The van der Waals surface area contributed by atoms with Crippen molar-refractivity contribution in [3.05, 3.63) is 49.5 Å². The molecule has 20 heavy (non-hydrogen) atoms. The molecule has 0 saturated carbocycles. The van der Waals surface area contributed by atoms with Gasteiger partial charge in [-0.1, -0.05) is 11.3 Å². The van der Waals surface area contributed by atoms with Gasteiger partial charge >= 0.3 is 5.69 Å². The minimum absolute atomic E-state index is 0.0457. The zero-order valence-corrected chi connectivity index (χ0v) is 12.6. The standard InChI is InChI=1S/C12H9BrFNO4S/c1-6(16)11-5-10(15(17)18)12(20-11)19-7-2-3-9(14)8(13)4-7/h2-6,16H,1H3/t6-/m0/s1. The van der Waals surface area contributed by atoms with Crippen LogP contribution in [0.25, 0.3) is 0 Å². The van der Waals surface area contributed by atoms with Gasteiger partial charge in [-0.3, -0.25) is 10.1 Å². The molecule has 1 heterocycles. The molecule has 1 N–H and O–H groups in total. The summed E-state index contributed by atoms with van der Waals surface area (Å²) in [5, 5.41) is 20.5. The molecule has 5 nitrogen and oxygen atoms in total. The lowest BCUT2D eigenvalue weighted by atomic mass is 10.3. The van der Waals surface area contributed by atoms with Gasteiger partial charge in [0.2, 0.25) is 0 Å². The molecule has 0 aliphatic rings. The lowest BCUT2D eigenvalue weighted by molar-refractivity contribution is -0.385. The zero-order chi connectivity index (χ0) is 14.9. The average Bonchev–Trinajstić information content (AvgIpc) is 2.78. The molecule has 0 fully saturated rings. The Balaban J connectivity index is 2.36. The van der Waals surface area contributed by atoms with Crippen LogP contribution in [0.5, 0.6) is 10.8 Å². The van der Waals surface area contributed by atoms with E-state index in [1.165, 1.54) is 31.2 Å². The number of benzene rings is 1. The van der Waals surface area contributed by atoms with Crippen molar-refractivity contribution in [2.24, 2.45) is 0 Å². The predicted octanol–water partition coefficient (Wildman–Crippen LogP) is 4.40. The molecule has 1 aromatic heterocycles. The van der Waals surface area contributed by atoms with Crippen molar-refractivity contribution in [3.63, 3.8) is 0 Å². The van der Waals surface area contributed by atoms with E-state index in [1.54, 1.807) is 0 Å². The second-order valence-corrected chi connectivity index (χ2v) is 5.83. The highest BCUT2D eigenvalue weighted by molar-refractivity contribution is 9.10. The number of nitro groups is 1. The topological polar surface area (TPSA) is 72.6 Å². The van der Waals surface area contributed by atoms with Crippen LogP contribution >= 0.6 is 27.3 Å². The van der Waals surface area contributed by atoms with E-state index in [1.807, 2.05) is 0 Å². The van der Waals surface area contributed by atoms with Crippen LogP contribution in [0.2, 0.25) is 0 Å². The molecular formula is C12H9BrFNO4S. The molecule has 0 bridgehead atoms. The van der Waals surface area contributed by atoms with Gasteiger partial charge in [-0.2, -0.15) is 0 Å². The number of ether oxygens (including phenoxy) is 1. The van der Waals surface area contributed by atoms with Crippen molar-refractivity contribution >= 4 is 33.0 Å². The van der Waals surface area contributed by atoms with Crippen molar-refractivity contribution < 1.29 is 19.2 Å². The zero-order valence-electron chi connectivity index (χ0n) is 10.2. The van der Waals surface area contributed by atoms with Crippen molar-refractivity contribution in [3.8, 4) is 10.8 Å². The Morgan fingerprint density at radius 1 is 1.50 bits per heavy atom. The first kappa shape index (κ1) is 14.9. The third-order valence-corrected chi connectivity index (χ3v) is 4.19. The summed E-state index contributed by atoms with van der Waals surface area (Å²) in [4.78, 5) is 10.8. The first-order valence-electron chi connectivity index (χ1n) is 5.47. The van der Waals surface area contributed by atoms with Crippen molar-refractivity contribution in [1.82, 2.24) is 0 Å². The van der Waals surface area contributed by atoms with Gasteiger partial charge in [-0.05, 0) is 41.1 Å². The largest absolute Gasteiger partial charge is 0.440 e. The van der Waals surface area contributed by atoms with E-state index in [-0.39, 0.29) is 21.0 Å². The van der Waals surface area contributed by atoms with Crippen molar-refractivity contribution in [1.29, 1.82) is 0 Å². The van der Waals surface area contributed by atoms with Gasteiger partial charge in [0.05, 0.1) is 15.5 Å². The average molecular weight is 362 g/mol. The molecule has 2 aromatic rings. The maximum atomic E-state index is 13.1. The Morgan fingerprint density at radius 3 is 2.75 bits per heavy atom. The highest BCUT2D eigenvalue weighted by Gasteiger charge is 2.23. The summed E-state index contributed by atoms with van der Waals surface area (Å²) in [6, 6.07) is 5.20. The van der Waals surface area contributed by atoms with E-state index in [0.717, 1.165) is 11.3 Å². The van der Waals surface area contributed by atoms with Gasteiger partial charge in [0.25, 0.3) is 5.06 Å². The number of nitrogens with zero attached hydrogens (tertiary/aromatic N) is 1. The van der Waals surface area contributed by atoms with Gasteiger partial charge in [0.15, 0.2) is 0 Å². The van der Waals surface area contributed by atoms with E-state index >= 15 is 0 Å². The first-order chi connectivity index (χ1) is 9.38. The Kier molecular flexibility index (Phi) is 4.36. The van der Waals surface area contributed by atoms with E-state index in [9.17, 15) is 19.6 Å². The third kappa shape index (κ3) is 3.14. The summed E-state index contributed by atoms with van der Waals surface area (Å²) in [5.41, 5.74) is -0.230. The van der Waals surface area contributed by atoms with E-state index in [2.05, 4.69) is 15.9 Å². The van der Waals surface area contributed by atoms with E-state index in [4.69, 9.17) is 4.74 Å². The van der Waals surface area contributed by atoms with Gasteiger partial charge < -0.3 is 9.84 Å². The molecular weight excluding hydrogens is 353 g/mol. The molecule has 8 heteroatoms. The maximum absolute atomic E-state index is 13.1. The quantitative estimate of drug-likeness (QED) is 0.646. The SMILES string of the molecule is C[C@H](O)c1cc([N+](=O)[O-])c(Oc2ccc(F)c(Br)c2)s1. The van der Waals surface area contributed by atoms with E-state index < -0.39 is 16.8 Å². The number of aliphatic hydroxyl groups is 1. The van der Waals surface area contributed by atoms with Gasteiger partial charge in [0.1, 0.15) is 11.6 Å². The second kappa shape index (κ2) is 5.86. The molecule has 1 atom stereocenters. The smallest absolute Gasteiger partial charge is 0.323 e. The molecule has 0 amide bonds. The van der Waals surface area contributed by atoms with Crippen LogP contribution in [0, 0.1) is 15.9 Å². The summed E-state index contributed by atoms with van der Waals surface area (Å²) in [6.07, 6.45) is -0.823. The van der Waals surface area contributed by atoms with Crippen LogP contribution in [0.3, 0.4) is 0 Å². The molecule has 0 aliphatic carbocycles. The summed E-state index contributed by atoms with van der Waals surface area (Å²) in [6.45, 7) is 1.51. The van der Waals surface area contributed by atoms with Crippen LogP contribution in [-0.2, 0) is 0 Å². The lowest BCUT2D eigenvalue weighted by Crippen LogP contribution is -1.90. The fourth-order valence-corrected chi connectivity index (χ4v) is 2.72. The van der Waals surface area contributed by atoms with Crippen molar-refractivity contribution in [2.75, 3.05) is 0 Å². The second-order valence-electron chi connectivity index (χ2n) is 3.93. The number of halogens is 2. The van der Waals surface area contributed by atoms with E-state index in [0.29, 0.717) is 4.88 Å². The third-order valence-electron chi connectivity index (χ3n) is 2.41. The minimum Gasteiger partial charge on any atom is -0.440 e. The summed E-state index contributed by atoms with van der Waals surface area (Å²) in [5.74, 6) is -0.192. The molecule has 0 radical (unpaired) electrons. The number of thiophene rings is 1. The molecule has 106 valence electrons. The fourth-order valence-electron chi connectivity index (χ4n) is 1.44. The molecule has 0 unspecified atom stereocenters. The number of rotatable bonds is 4. The molecule has 0 spiro atoms. The Bertz CT molecular complexity index is 659. The number of hydrogen-bond donors (Lipinski definition) is 1. The lowest BCUT2D eigenvalue weighted by Gasteiger charge is -2.03. The molecule has 0 saturated heterocycles. The summed E-state index contributed by atoms with van der Waals surface area (Å²) < 4.78 is 18.7. The predicted molar refractivity (Wildman–Crippen MR) is 75.8 cm³/mol. The van der Waals surface area contributed by atoms with Gasteiger partial charge in [0, 0.05) is 10.9 Å². The first-order valence-corrected chi connectivity index (χ1v) is 7.08. The Hall–Kier alpha value is -1.51. The maximum Gasteiger partial charge on any atom is 0.323 e. The highest BCUT2D eigenvalue weighted by atomic mass is 79.9. The molecule has 2 rings (SSSR count). The monoisotopic (exact) mass is 361 g/mol.